The molecule has 0 fully saturated rings. The third-order valence-electron chi connectivity index (χ3n) is 8.53. The molecule has 0 atom stereocenters. The average molecular weight is 873 g/mol. The van der Waals surface area contributed by atoms with Crippen molar-refractivity contribution in [2.24, 2.45) is 20.5 Å². The van der Waals surface area contributed by atoms with Gasteiger partial charge in [-0.3, -0.25) is 9.11 Å². The first-order valence-corrected chi connectivity index (χ1v) is 20.7. The fourth-order valence-corrected chi connectivity index (χ4v) is 7.28. The summed E-state index contributed by atoms with van der Waals surface area (Å²) in [5.74, 6) is -0.561. The fraction of sp³-hybridized carbons (Fsp3) is 0.158. The number of ether oxygens (including phenoxy) is 1. The Bertz CT molecular complexity index is 2890. The number of benzene rings is 5. The molecule has 61 heavy (non-hydrogen) atoms. The van der Waals surface area contributed by atoms with Gasteiger partial charge in [0, 0.05) is 35.6 Å². The van der Waals surface area contributed by atoms with Gasteiger partial charge in [0.25, 0.3) is 20.2 Å². The van der Waals surface area contributed by atoms with Crippen LogP contribution >= 0.6 is 0 Å². The minimum absolute atomic E-state index is 0.0456. The van der Waals surface area contributed by atoms with E-state index < -0.39 is 36.0 Å². The summed E-state index contributed by atoms with van der Waals surface area (Å²) in [5, 5.41) is 51.1. The molecule has 0 aliphatic heterocycles. The van der Waals surface area contributed by atoms with E-state index in [0.717, 1.165) is 12.1 Å². The van der Waals surface area contributed by atoms with Crippen LogP contribution in [0.25, 0.3) is 10.8 Å². The van der Waals surface area contributed by atoms with Crippen LogP contribution in [0.15, 0.2) is 121 Å². The van der Waals surface area contributed by atoms with Crippen LogP contribution in [0.2, 0.25) is 0 Å². The maximum Gasteiger partial charge on any atom is 0.335 e. The molecule has 0 saturated heterocycles. The van der Waals surface area contributed by atoms with Gasteiger partial charge in [-0.05, 0) is 85.3 Å². The van der Waals surface area contributed by atoms with E-state index in [1.165, 1.54) is 37.4 Å². The van der Waals surface area contributed by atoms with Crippen LogP contribution in [0.5, 0.6) is 5.75 Å². The second kappa shape index (κ2) is 18.5. The number of aryl methyl sites for hydroxylation is 1. The molecule has 1 aromatic heterocycles. The molecule has 0 spiro atoms. The van der Waals surface area contributed by atoms with Crippen LogP contribution in [0.3, 0.4) is 0 Å². The summed E-state index contributed by atoms with van der Waals surface area (Å²) < 4.78 is 73.6. The summed E-state index contributed by atoms with van der Waals surface area (Å²) in [5.41, 5.74) is 2.54. The molecule has 6 aromatic rings. The molecule has 1 heterocycles. The quantitative estimate of drug-likeness (QED) is 0.0373. The number of carboxylic acid groups (broad SMARTS) is 1. The molecule has 6 rings (SSSR count). The number of aliphatic hydroxyl groups excluding tert-OH is 2. The Morgan fingerprint density at radius 3 is 1.92 bits per heavy atom. The molecule has 21 nitrogen and oxygen atoms in total. The highest BCUT2D eigenvalue weighted by molar-refractivity contribution is 7.86. The van der Waals surface area contributed by atoms with E-state index in [1.54, 1.807) is 60.4 Å². The number of rotatable bonds is 17. The van der Waals surface area contributed by atoms with Crippen molar-refractivity contribution < 1.29 is 50.8 Å². The SMILES string of the molecule is COc1cc(N=Nc2cc(C)cc(C(=O)O)c2)ccc1Nc1nc(Nc2ccc(N=Nc3cc(S(=O)(=O)O)c4cccc(S(=O)(=O)O)c4c3)cc2)nc(N(CCO)CCO)n1. The van der Waals surface area contributed by atoms with Gasteiger partial charge >= 0.3 is 5.97 Å². The highest BCUT2D eigenvalue weighted by Gasteiger charge is 2.22. The van der Waals surface area contributed by atoms with Crippen molar-refractivity contribution in [3.8, 4) is 5.75 Å². The summed E-state index contributed by atoms with van der Waals surface area (Å²) in [7, 11) is -8.19. The minimum atomic E-state index is -4.85. The zero-order chi connectivity index (χ0) is 43.9. The Labute approximate surface area is 347 Å². The Kier molecular flexibility index (Phi) is 13.2. The van der Waals surface area contributed by atoms with E-state index in [4.69, 9.17) is 4.74 Å². The van der Waals surface area contributed by atoms with Gasteiger partial charge in [-0.15, -0.1) is 0 Å². The largest absolute Gasteiger partial charge is 0.494 e. The van der Waals surface area contributed by atoms with Crippen LogP contribution in [0, 0.1) is 6.92 Å². The average Bonchev–Trinajstić information content (AvgIpc) is 3.21. The normalized spacial score (nSPS) is 12.0. The first-order valence-electron chi connectivity index (χ1n) is 17.8. The Balaban J connectivity index is 1.26. The number of carbonyl (C=O) groups is 1. The van der Waals surface area contributed by atoms with Crippen molar-refractivity contribution in [1.29, 1.82) is 0 Å². The highest BCUT2D eigenvalue weighted by atomic mass is 32.2. The maximum absolute atomic E-state index is 12.2. The van der Waals surface area contributed by atoms with Gasteiger partial charge in [0.15, 0.2) is 0 Å². The standard InChI is InChI=1S/C38H36N10O11S2/c1-22-16-23(35(51)52)18-27(17-22)46-45-26-10-11-31(32(20-26)59-2)40-37-41-36(42-38(43-37)48(12-14-49)13-15-50)39-24-6-8-25(9-7-24)44-47-28-19-30-29(34(21-28)61(56,57)58)4-3-5-33(30)60(53,54)55/h3-11,16-21,49-50H,12-15H2,1-2H3,(H,51,52)(H,53,54,55)(H,56,57,58)(H2,39,40,41,42,43). The molecule has 23 heteroatoms. The lowest BCUT2D eigenvalue weighted by molar-refractivity contribution is 0.0696. The number of fused-ring (bicyclic) bond motifs is 1. The third kappa shape index (κ3) is 11.0. The van der Waals surface area contributed by atoms with Gasteiger partial charge in [0.05, 0.1) is 54.3 Å². The molecule has 0 bridgehead atoms. The second-order valence-electron chi connectivity index (χ2n) is 12.9. The number of hydrogen-bond donors (Lipinski definition) is 7. The van der Waals surface area contributed by atoms with Crippen molar-refractivity contribution in [2.75, 3.05) is 48.9 Å². The number of azo groups is 2. The third-order valence-corrected chi connectivity index (χ3v) is 10.3. The molecule has 7 N–H and O–H groups in total. The number of hydrogen-bond acceptors (Lipinski definition) is 18. The number of anilines is 5. The smallest absolute Gasteiger partial charge is 0.335 e. The van der Waals surface area contributed by atoms with E-state index in [9.17, 15) is 46.1 Å². The molecule has 0 unspecified atom stereocenters. The lowest BCUT2D eigenvalue weighted by Gasteiger charge is -2.21. The molecular weight excluding hydrogens is 837 g/mol. The van der Waals surface area contributed by atoms with Crippen LogP contribution in [0.1, 0.15) is 15.9 Å². The minimum Gasteiger partial charge on any atom is -0.494 e. The Hall–Kier alpha value is -7.02. The van der Waals surface area contributed by atoms with E-state index >= 15 is 0 Å². The van der Waals surface area contributed by atoms with Crippen LogP contribution < -0.4 is 20.3 Å². The fourth-order valence-electron chi connectivity index (χ4n) is 5.86. The number of aliphatic hydroxyl groups is 2. The molecule has 0 aliphatic rings. The van der Waals surface area contributed by atoms with E-state index in [0.29, 0.717) is 34.1 Å². The molecular formula is C38H36N10O11S2. The molecule has 316 valence electrons. The molecule has 5 aromatic carbocycles. The predicted octanol–water partition coefficient (Wildman–Crippen LogP) is 6.64. The lowest BCUT2D eigenvalue weighted by Crippen LogP contribution is -2.31. The highest BCUT2D eigenvalue weighted by Crippen LogP contribution is 2.35. The number of nitrogens with zero attached hydrogens (tertiary/aromatic N) is 8. The van der Waals surface area contributed by atoms with Crippen molar-refractivity contribution in [2.45, 2.75) is 16.7 Å². The van der Waals surface area contributed by atoms with Crippen molar-refractivity contribution in [3.63, 3.8) is 0 Å². The second-order valence-corrected chi connectivity index (χ2v) is 15.7. The molecule has 0 amide bonds. The Morgan fingerprint density at radius 2 is 1.30 bits per heavy atom. The van der Waals surface area contributed by atoms with Crippen molar-refractivity contribution in [1.82, 2.24) is 15.0 Å². The van der Waals surface area contributed by atoms with Gasteiger partial charge in [0.1, 0.15) is 15.5 Å². The molecule has 0 radical (unpaired) electrons. The number of aromatic carboxylic acids is 1. The summed E-state index contributed by atoms with van der Waals surface area (Å²) in [4.78, 5) is 25.3. The Morgan fingerprint density at radius 1 is 0.689 bits per heavy atom. The van der Waals surface area contributed by atoms with Gasteiger partial charge < -0.3 is 35.6 Å². The van der Waals surface area contributed by atoms with Crippen LogP contribution in [-0.4, -0.2) is 95.6 Å². The predicted molar refractivity (Wildman–Crippen MR) is 222 cm³/mol. The first-order chi connectivity index (χ1) is 29.0. The van der Waals surface area contributed by atoms with E-state index in [1.807, 2.05) is 0 Å². The van der Waals surface area contributed by atoms with Gasteiger partial charge in [-0.1, -0.05) is 12.1 Å². The topological polar surface area (TPSA) is 311 Å². The van der Waals surface area contributed by atoms with Crippen molar-refractivity contribution >= 4 is 88.9 Å². The van der Waals surface area contributed by atoms with Crippen LogP contribution in [-0.2, 0) is 20.2 Å². The zero-order valence-corrected chi connectivity index (χ0v) is 33.7. The van der Waals surface area contributed by atoms with E-state index in [2.05, 4.69) is 46.0 Å². The summed E-state index contributed by atoms with van der Waals surface area (Å²) in [6.07, 6.45) is 0. The number of aromatic nitrogens is 3. The summed E-state index contributed by atoms with van der Waals surface area (Å²) in [6, 6.07) is 21.5. The summed E-state index contributed by atoms with van der Waals surface area (Å²) in [6.45, 7) is 1.38. The molecule has 0 aliphatic carbocycles. The maximum atomic E-state index is 12.2. The first kappa shape index (κ1) is 43.6. The van der Waals surface area contributed by atoms with E-state index in [-0.39, 0.29) is 71.9 Å². The van der Waals surface area contributed by atoms with Gasteiger partial charge in [0.2, 0.25) is 17.8 Å². The molecule has 0 saturated carbocycles. The van der Waals surface area contributed by atoms with Crippen LogP contribution in [0.4, 0.5) is 52.0 Å². The monoisotopic (exact) mass is 872 g/mol. The van der Waals surface area contributed by atoms with Crippen molar-refractivity contribution in [3.05, 3.63) is 102 Å². The van der Waals surface area contributed by atoms with Gasteiger partial charge in [-0.2, -0.15) is 52.2 Å². The number of methoxy groups -OCH3 is 1. The lowest BCUT2D eigenvalue weighted by atomic mass is 10.1. The zero-order valence-electron chi connectivity index (χ0n) is 32.1. The summed E-state index contributed by atoms with van der Waals surface area (Å²) >= 11 is 0. The number of carboxylic acids is 1. The number of nitrogens with one attached hydrogen (secondary N) is 2. The van der Waals surface area contributed by atoms with Gasteiger partial charge in [-0.25, -0.2) is 4.79 Å².